The molecule has 6 heteroatoms. The minimum Gasteiger partial charge on any atom is -0.335 e. The van der Waals surface area contributed by atoms with E-state index >= 15 is 0 Å². The molecule has 0 fully saturated rings. The van der Waals surface area contributed by atoms with Crippen molar-refractivity contribution in [1.82, 2.24) is 14.7 Å². The van der Waals surface area contributed by atoms with Gasteiger partial charge in [-0.15, -0.1) is 0 Å². The number of sulfonamides is 1. The quantitative estimate of drug-likeness (QED) is 0.720. The van der Waals surface area contributed by atoms with Crippen molar-refractivity contribution in [1.29, 1.82) is 0 Å². The number of aromatic nitrogens is 2. The highest BCUT2D eigenvalue weighted by Crippen LogP contribution is 2.05. The molecule has 0 aliphatic carbocycles. The van der Waals surface area contributed by atoms with Crippen LogP contribution in [0.5, 0.6) is 0 Å². The molecule has 1 aromatic heterocycles. The van der Waals surface area contributed by atoms with Gasteiger partial charge in [0.1, 0.15) is 0 Å². The zero-order valence-corrected chi connectivity index (χ0v) is 9.84. The van der Waals surface area contributed by atoms with E-state index in [0.29, 0.717) is 12.5 Å². The van der Waals surface area contributed by atoms with Crippen LogP contribution in [0.1, 0.15) is 26.7 Å². The number of hydrogen-bond donors (Lipinski definition) is 2. The molecule has 86 valence electrons. The molecule has 1 rings (SSSR count). The lowest BCUT2D eigenvalue weighted by molar-refractivity contribution is 0.539. The van der Waals surface area contributed by atoms with E-state index in [2.05, 4.69) is 28.5 Å². The lowest BCUT2D eigenvalue weighted by Gasteiger charge is -2.06. The molecule has 0 aliphatic rings. The molecule has 0 aliphatic heterocycles. The summed E-state index contributed by atoms with van der Waals surface area (Å²) in [4.78, 5) is 6.24. The van der Waals surface area contributed by atoms with Crippen LogP contribution in [0.3, 0.4) is 0 Å². The second-order valence-electron chi connectivity index (χ2n) is 3.85. The first kappa shape index (κ1) is 12.2. The number of rotatable bonds is 6. The average molecular weight is 231 g/mol. The summed E-state index contributed by atoms with van der Waals surface area (Å²) in [7, 11) is -3.38. The molecular weight excluding hydrogens is 214 g/mol. The molecule has 0 saturated carbocycles. The smallest absolute Gasteiger partial charge is 0.257 e. The van der Waals surface area contributed by atoms with Gasteiger partial charge in [0.15, 0.2) is 5.03 Å². The largest absolute Gasteiger partial charge is 0.335 e. The standard InChI is InChI=1S/C9H17N3O2S/c1-8(2)4-3-5-12-15(13,14)9-6-10-7-11-9/h6-8,12H,3-5H2,1-2H3,(H,10,11). The molecular formula is C9H17N3O2S. The van der Waals surface area contributed by atoms with Gasteiger partial charge in [-0.25, -0.2) is 18.1 Å². The van der Waals surface area contributed by atoms with Crippen LogP contribution in [0.15, 0.2) is 17.6 Å². The minimum absolute atomic E-state index is 0.118. The molecule has 1 aromatic rings. The van der Waals surface area contributed by atoms with Gasteiger partial charge in [-0.2, -0.15) is 0 Å². The molecule has 1 heterocycles. The molecule has 15 heavy (non-hydrogen) atoms. The van der Waals surface area contributed by atoms with Gasteiger partial charge in [-0.05, 0) is 18.8 Å². The summed E-state index contributed by atoms with van der Waals surface area (Å²) in [5, 5.41) is 0.118. The van der Waals surface area contributed by atoms with Crippen molar-refractivity contribution in [3.8, 4) is 0 Å². The van der Waals surface area contributed by atoms with Crippen molar-refractivity contribution in [2.24, 2.45) is 5.92 Å². The van der Waals surface area contributed by atoms with Crippen LogP contribution in [0.2, 0.25) is 0 Å². The number of nitrogens with one attached hydrogen (secondary N) is 2. The second-order valence-corrected chi connectivity index (χ2v) is 5.59. The van der Waals surface area contributed by atoms with Gasteiger partial charge < -0.3 is 4.98 Å². The highest BCUT2D eigenvalue weighted by atomic mass is 32.2. The topological polar surface area (TPSA) is 74.8 Å². The third kappa shape index (κ3) is 4.01. The van der Waals surface area contributed by atoms with E-state index in [-0.39, 0.29) is 5.03 Å². The first-order chi connectivity index (χ1) is 7.02. The zero-order valence-electron chi connectivity index (χ0n) is 9.03. The molecule has 0 atom stereocenters. The third-order valence-electron chi connectivity index (χ3n) is 2.01. The number of hydrogen-bond acceptors (Lipinski definition) is 3. The summed E-state index contributed by atoms with van der Waals surface area (Å²) in [5.74, 6) is 0.599. The fourth-order valence-corrected chi connectivity index (χ4v) is 2.16. The van der Waals surface area contributed by atoms with Crippen molar-refractivity contribution < 1.29 is 8.42 Å². The lowest BCUT2D eigenvalue weighted by atomic mass is 10.1. The molecule has 0 saturated heterocycles. The van der Waals surface area contributed by atoms with Gasteiger partial charge in [0.25, 0.3) is 10.0 Å². The molecule has 5 nitrogen and oxygen atoms in total. The van der Waals surface area contributed by atoms with Gasteiger partial charge >= 0.3 is 0 Å². The fourth-order valence-electron chi connectivity index (χ4n) is 1.18. The first-order valence-corrected chi connectivity index (χ1v) is 6.48. The molecule has 0 radical (unpaired) electrons. The van der Waals surface area contributed by atoms with Crippen molar-refractivity contribution in [3.05, 3.63) is 12.5 Å². The van der Waals surface area contributed by atoms with Crippen LogP contribution in [0, 0.1) is 5.92 Å². The maximum absolute atomic E-state index is 11.6. The summed E-state index contributed by atoms with van der Waals surface area (Å²) < 4.78 is 25.6. The normalized spacial score (nSPS) is 12.2. The SMILES string of the molecule is CC(C)CCCNS(=O)(=O)c1cnc[nH]1. The van der Waals surface area contributed by atoms with Gasteiger partial charge in [0.05, 0.1) is 12.5 Å². The second kappa shape index (κ2) is 5.27. The molecule has 0 aromatic carbocycles. The van der Waals surface area contributed by atoms with Crippen LogP contribution >= 0.6 is 0 Å². The molecule has 0 bridgehead atoms. The van der Waals surface area contributed by atoms with Crippen LogP contribution in [-0.4, -0.2) is 24.9 Å². The van der Waals surface area contributed by atoms with Crippen LogP contribution < -0.4 is 4.72 Å². The van der Waals surface area contributed by atoms with Crippen molar-refractivity contribution in [2.75, 3.05) is 6.54 Å². The average Bonchev–Trinajstić information content (AvgIpc) is 2.65. The van der Waals surface area contributed by atoms with Crippen LogP contribution in [-0.2, 0) is 10.0 Å². The van der Waals surface area contributed by atoms with Crippen LogP contribution in [0.25, 0.3) is 0 Å². The third-order valence-corrected chi connectivity index (χ3v) is 3.40. The Balaban J connectivity index is 2.39. The van der Waals surface area contributed by atoms with Gasteiger partial charge in [0.2, 0.25) is 0 Å². The monoisotopic (exact) mass is 231 g/mol. The summed E-state index contributed by atoms with van der Waals surface area (Å²) in [6.45, 7) is 4.70. The summed E-state index contributed by atoms with van der Waals surface area (Å²) >= 11 is 0. The number of aromatic amines is 1. The minimum atomic E-state index is -3.38. The van der Waals surface area contributed by atoms with Crippen molar-refractivity contribution in [3.63, 3.8) is 0 Å². The Morgan fingerprint density at radius 1 is 1.53 bits per heavy atom. The molecule has 0 amide bonds. The zero-order chi connectivity index (χ0) is 11.3. The van der Waals surface area contributed by atoms with Crippen molar-refractivity contribution in [2.45, 2.75) is 31.7 Å². The molecule has 0 unspecified atom stereocenters. The van der Waals surface area contributed by atoms with E-state index in [1.807, 2.05) is 0 Å². The highest BCUT2D eigenvalue weighted by molar-refractivity contribution is 7.89. The Labute approximate surface area is 90.4 Å². The Morgan fingerprint density at radius 3 is 2.80 bits per heavy atom. The number of H-pyrrole nitrogens is 1. The van der Waals surface area contributed by atoms with E-state index in [0.717, 1.165) is 12.8 Å². The van der Waals surface area contributed by atoms with Gasteiger partial charge in [-0.3, -0.25) is 0 Å². The maximum atomic E-state index is 11.6. The lowest BCUT2D eigenvalue weighted by Crippen LogP contribution is -2.25. The van der Waals surface area contributed by atoms with Gasteiger partial charge in [-0.1, -0.05) is 13.8 Å². The predicted molar refractivity (Wildman–Crippen MR) is 57.8 cm³/mol. The maximum Gasteiger partial charge on any atom is 0.257 e. The predicted octanol–water partition coefficient (Wildman–Crippen LogP) is 1.12. The van der Waals surface area contributed by atoms with Crippen LogP contribution in [0.4, 0.5) is 0 Å². The fraction of sp³-hybridized carbons (Fsp3) is 0.667. The first-order valence-electron chi connectivity index (χ1n) is 5.00. The van der Waals surface area contributed by atoms with E-state index < -0.39 is 10.0 Å². The Kier molecular flexibility index (Phi) is 4.28. The van der Waals surface area contributed by atoms with E-state index in [9.17, 15) is 8.42 Å². The van der Waals surface area contributed by atoms with E-state index in [1.54, 1.807) is 0 Å². The summed E-state index contributed by atoms with van der Waals surface area (Å²) in [5.41, 5.74) is 0. The molecule has 2 N–H and O–H groups in total. The number of imidazole rings is 1. The Bertz CT molecular complexity index is 370. The number of nitrogens with zero attached hydrogens (tertiary/aromatic N) is 1. The Morgan fingerprint density at radius 2 is 2.27 bits per heavy atom. The van der Waals surface area contributed by atoms with E-state index in [1.165, 1.54) is 12.5 Å². The summed E-state index contributed by atoms with van der Waals surface area (Å²) in [6.07, 6.45) is 4.52. The Hall–Kier alpha value is -0.880. The van der Waals surface area contributed by atoms with E-state index in [4.69, 9.17) is 0 Å². The van der Waals surface area contributed by atoms with Gasteiger partial charge in [0, 0.05) is 6.54 Å². The summed E-state index contributed by atoms with van der Waals surface area (Å²) in [6, 6.07) is 0. The molecule has 0 spiro atoms. The van der Waals surface area contributed by atoms with Crippen molar-refractivity contribution >= 4 is 10.0 Å². The highest BCUT2D eigenvalue weighted by Gasteiger charge is 2.13.